The first kappa shape index (κ1) is 13.6. The van der Waals surface area contributed by atoms with Crippen molar-refractivity contribution in [2.75, 3.05) is 13.6 Å². The monoisotopic (exact) mass is 251 g/mol. The summed E-state index contributed by atoms with van der Waals surface area (Å²) in [7, 11) is 2.13. The molecular weight excluding hydrogens is 226 g/mol. The van der Waals surface area contributed by atoms with E-state index >= 15 is 0 Å². The highest BCUT2D eigenvalue weighted by Gasteiger charge is 2.24. The van der Waals surface area contributed by atoms with E-state index < -0.39 is 0 Å². The summed E-state index contributed by atoms with van der Waals surface area (Å²) in [6.45, 7) is 5.89. The van der Waals surface area contributed by atoms with E-state index in [1.165, 1.54) is 18.4 Å². The van der Waals surface area contributed by atoms with Crippen LogP contribution in [0.15, 0.2) is 10.5 Å². The van der Waals surface area contributed by atoms with Gasteiger partial charge in [0.25, 0.3) is 0 Å². The molecule has 0 aromatic carbocycles. The summed E-state index contributed by atoms with van der Waals surface area (Å²) in [5.41, 5.74) is 1.26. The highest BCUT2D eigenvalue weighted by molar-refractivity contribution is 5.19. The van der Waals surface area contributed by atoms with Crippen molar-refractivity contribution in [3.8, 4) is 0 Å². The van der Waals surface area contributed by atoms with Crippen molar-refractivity contribution in [2.24, 2.45) is 5.92 Å². The highest BCUT2D eigenvalue weighted by Crippen LogP contribution is 2.25. The Bertz CT molecular complexity index is 386. The second-order valence-electron chi connectivity index (χ2n) is 5.75. The molecule has 2 rings (SSSR count). The van der Waals surface area contributed by atoms with Crippen LogP contribution in [-0.2, 0) is 6.54 Å². The zero-order chi connectivity index (χ0) is 13.1. The van der Waals surface area contributed by atoms with Crippen molar-refractivity contribution < 1.29 is 9.52 Å². The van der Waals surface area contributed by atoms with Crippen LogP contribution in [0.1, 0.15) is 42.8 Å². The molecule has 0 spiro atoms. The van der Waals surface area contributed by atoms with Crippen LogP contribution in [0.2, 0.25) is 0 Å². The van der Waals surface area contributed by atoms with Crippen LogP contribution in [0.4, 0.5) is 0 Å². The summed E-state index contributed by atoms with van der Waals surface area (Å²) in [6.07, 6.45) is 4.48. The highest BCUT2D eigenvalue weighted by atomic mass is 16.3. The quantitative estimate of drug-likeness (QED) is 0.894. The Balaban J connectivity index is 1.88. The minimum atomic E-state index is -0.103. The Morgan fingerprint density at radius 3 is 2.67 bits per heavy atom. The molecule has 0 amide bonds. The van der Waals surface area contributed by atoms with E-state index in [0.717, 1.165) is 37.5 Å². The number of rotatable bonds is 4. The molecule has 2 unspecified atom stereocenters. The number of hydrogen-bond donors (Lipinski definition) is 1. The molecule has 0 bridgehead atoms. The van der Waals surface area contributed by atoms with Crippen molar-refractivity contribution in [1.82, 2.24) is 4.90 Å². The van der Waals surface area contributed by atoms with Crippen molar-refractivity contribution in [2.45, 2.75) is 52.2 Å². The van der Waals surface area contributed by atoms with E-state index in [0.29, 0.717) is 5.92 Å². The molecular formula is C15H25NO2. The van der Waals surface area contributed by atoms with Crippen LogP contribution in [0.5, 0.6) is 0 Å². The fourth-order valence-electron chi connectivity index (χ4n) is 3.00. The van der Waals surface area contributed by atoms with Crippen molar-refractivity contribution in [3.05, 3.63) is 23.2 Å². The second kappa shape index (κ2) is 5.89. The van der Waals surface area contributed by atoms with Crippen LogP contribution in [0.25, 0.3) is 0 Å². The van der Waals surface area contributed by atoms with E-state index in [4.69, 9.17) is 4.42 Å². The number of aliphatic hydroxyl groups is 1. The zero-order valence-electron chi connectivity index (χ0n) is 11.8. The maximum atomic E-state index is 10.00. The first-order valence-corrected chi connectivity index (χ1v) is 6.99. The molecule has 3 heteroatoms. The second-order valence-corrected chi connectivity index (χ2v) is 5.75. The molecule has 1 aliphatic carbocycles. The molecule has 2 atom stereocenters. The molecule has 1 saturated carbocycles. The fraction of sp³-hybridized carbons (Fsp3) is 0.733. The number of hydrogen-bond acceptors (Lipinski definition) is 3. The Kier molecular flexibility index (Phi) is 4.46. The molecule has 0 radical (unpaired) electrons. The molecule has 18 heavy (non-hydrogen) atoms. The van der Waals surface area contributed by atoms with Gasteiger partial charge in [0.1, 0.15) is 11.5 Å². The van der Waals surface area contributed by atoms with Crippen LogP contribution in [-0.4, -0.2) is 29.7 Å². The van der Waals surface area contributed by atoms with Gasteiger partial charge >= 0.3 is 0 Å². The van der Waals surface area contributed by atoms with Gasteiger partial charge in [0.2, 0.25) is 0 Å². The predicted octanol–water partition coefficient (Wildman–Crippen LogP) is 2.88. The largest absolute Gasteiger partial charge is 0.466 e. The Morgan fingerprint density at radius 1 is 1.33 bits per heavy atom. The first-order chi connectivity index (χ1) is 8.56. The zero-order valence-corrected chi connectivity index (χ0v) is 11.8. The SMILES string of the molecule is Cc1cc(CN(C)CC2CCCCC2O)c(C)o1. The van der Waals surface area contributed by atoms with Crippen molar-refractivity contribution >= 4 is 0 Å². The van der Waals surface area contributed by atoms with Gasteiger partial charge in [0.05, 0.1) is 6.10 Å². The number of aryl methyl sites for hydroxylation is 2. The van der Waals surface area contributed by atoms with E-state index in [1.807, 2.05) is 13.8 Å². The maximum absolute atomic E-state index is 10.00. The first-order valence-electron chi connectivity index (χ1n) is 6.99. The van der Waals surface area contributed by atoms with Gasteiger partial charge in [-0.15, -0.1) is 0 Å². The molecule has 0 aliphatic heterocycles. The number of aliphatic hydroxyl groups excluding tert-OH is 1. The smallest absolute Gasteiger partial charge is 0.105 e. The number of furan rings is 1. The summed E-state index contributed by atoms with van der Waals surface area (Å²) in [5, 5.41) is 10.00. The van der Waals surface area contributed by atoms with Crippen LogP contribution in [0.3, 0.4) is 0 Å². The van der Waals surface area contributed by atoms with Gasteiger partial charge in [-0.1, -0.05) is 12.8 Å². The maximum Gasteiger partial charge on any atom is 0.105 e. The van der Waals surface area contributed by atoms with Gasteiger partial charge in [0.15, 0.2) is 0 Å². The van der Waals surface area contributed by atoms with Gasteiger partial charge in [-0.3, -0.25) is 0 Å². The number of nitrogens with zero attached hydrogens (tertiary/aromatic N) is 1. The molecule has 1 fully saturated rings. The third kappa shape index (κ3) is 3.36. The van der Waals surface area contributed by atoms with E-state index in [2.05, 4.69) is 18.0 Å². The van der Waals surface area contributed by atoms with Crippen molar-refractivity contribution in [3.63, 3.8) is 0 Å². The van der Waals surface area contributed by atoms with Crippen LogP contribution >= 0.6 is 0 Å². The lowest BCUT2D eigenvalue weighted by molar-refractivity contribution is 0.0501. The van der Waals surface area contributed by atoms with Crippen LogP contribution in [0, 0.1) is 19.8 Å². The van der Waals surface area contributed by atoms with E-state index in [1.54, 1.807) is 0 Å². The Morgan fingerprint density at radius 2 is 2.06 bits per heavy atom. The molecule has 3 nitrogen and oxygen atoms in total. The summed E-state index contributed by atoms with van der Waals surface area (Å²) >= 11 is 0. The lowest BCUT2D eigenvalue weighted by Gasteiger charge is -2.31. The molecule has 102 valence electrons. The normalized spacial score (nSPS) is 24.7. The summed E-state index contributed by atoms with van der Waals surface area (Å²) < 4.78 is 5.55. The van der Waals surface area contributed by atoms with Gasteiger partial charge in [-0.2, -0.15) is 0 Å². The molecule has 1 N–H and O–H groups in total. The molecule has 1 heterocycles. The summed E-state index contributed by atoms with van der Waals surface area (Å²) in [5.74, 6) is 2.44. The standard InChI is InChI=1S/C15H25NO2/c1-11-8-14(12(2)18-11)10-16(3)9-13-6-4-5-7-15(13)17/h8,13,15,17H,4-7,9-10H2,1-3H3. The Hall–Kier alpha value is -0.800. The molecule has 1 aromatic heterocycles. The minimum Gasteiger partial charge on any atom is -0.466 e. The Labute approximate surface area is 110 Å². The predicted molar refractivity (Wildman–Crippen MR) is 72.5 cm³/mol. The van der Waals surface area contributed by atoms with Gasteiger partial charge in [0, 0.05) is 18.7 Å². The summed E-state index contributed by atoms with van der Waals surface area (Å²) in [4.78, 5) is 2.30. The third-order valence-corrected chi connectivity index (χ3v) is 4.00. The van der Waals surface area contributed by atoms with E-state index in [9.17, 15) is 5.11 Å². The molecule has 1 aliphatic rings. The van der Waals surface area contributed by atoms with Crippen molar-refractivity contribution in [1.29, 1.82) is 0 Å². The van der Waals surface area contributed by atoms with Gasteiger partial charge in [-0.25, -0.2) is 0 Å². The lowest BCUT2D eigenvalue weighted by atomic mass is 9.86. The fourth-order valence-corrected chi connectivity index (χ4v) is 3.00. The third-order valence-electron chi connectivity index (χ3n) is 4.00. The lowest BCUT2D eigenvalue weighted by Crippen LogP contribution is -2.34. The average Bonchev–Trinajstić information content (AvgIpc) is 2.61. The van der Waals surface area contributed by atoms with Gasteiger partial charge in [-0.05, 0) is 45.7 Å². The average molecular weight is 251 g/mol. The minimum absolute atomic E-state index is 0.103. The van der Waals surface area contributed by atoms with Gasteiger partial charge < -0.3 is 14.4 Å². The topological polar surface area (TPSA) is 36.6 Å². The van der Waals surface area contributed by atoms with E-state index in [-0.39, 0.29) is 6.10 Å². The molecule has 0 saturated heterocycles. The molecule has 1 aromatic rings. The van der Waals surface area contributed by atoms with Crippen LogP contribution < -0.4 is 0 Å². The summed E-state index contributed by atoms with van der Waals surface area (Å²) in [6, 6.07) is 2.11.